The number of para-hydroxylation sites is 1. The fourth-order valence-electron chi connectivity index (χ4n) is 4.19. The first-order chi connectivity index (χ1) is 19.0. The molecule has 1 unspecified atom stereocenters. The largest absolute Gasteiger partial charge is 0.464 e. The van der Waals surface area contributed by atoms with Gasteiger partial charge in [0.1, 0.15) is 17.6 Å². The highest BCUT2D eigenvalue weighted by Crippen LogP contribution is 2.23. The number of pyridine rings is 1. The molecule has 0 fully saturated rings. The van der Waals surface area contributed by atoms with Gasteiger partial charge in [0.05, 0.1) is 24.7 Å². The maximum absolute atomic E-state index is 13.2. The van der Waals surface area contributed by atoms with Crippen molar-refractivity contribution in [2.75, 3.05) is 12.4 Å². The summed E-state index contributed by atoms with van der Waals surface area (Å²) >= 11 is 0. The number of allylic oxidation sites excluding steroid dienone is 1. The molecule has 0 saturated carbocycles. The number of amides is 3. The number of alkyl carbamates (subject to hydrolysis) is 1. The third kappa shape index (κ3) is 7.34. The highest BCUT2D eigenvalue weighted by atomic mass is 16.5. The lowest BCUT2D eigenvalue weighted by atomic mass is 10.0. The predicted molar refractivity (Wildman–Crippen MR) is 147 cm³/mol. The van der Waals surface area contributed by atoms with Gasteiger partial charge in [-0.3, -0.25) is 14.4 Å². The van der Waals surface area contributed by atoms with E-state index in [4.69, 9.17) is 5.73 Å². The van der Waals surface area contributed by atoms with E-state index in [1.54, 1.807) is 12.1 Å². The number of imidazole rings is 1. The van der Waals surface area contributed by atoms with Gasteiger partial charge >= 0.3 is 12.2 Å². The van der Waals surface area contributed by atoms with Crippen molar-refractivity contribution in [3.8, 4) is 0 Å². The van der Waals surface area contributed by atoms with E-state index in [0.717, 1.165) is 23.3 Å². The summed E-state index contributed by atoms with van der Waals surface area (Å²) in [4.78, 5) is 65.6. The third-order valence-corrected chi connectivity index (χ3v) is 5.95. The van der Waals surface area contributed by atoms with E-state index in [-0.39, 0.29) is 30.9 Å². The zero-order chi connectivity index (χ0) is 29.4. The SMILES string of the molecule is COC(=O)NC(CC/C=C/C(N)=O)C(=O)Nc1cccn(Cc2nc3c(CC(C)C)cccc3n2C(=O)O)c1=O. The molecule has 3 amide bonds. The van der Waals surface area contributed by atoms with Crippen LogP contribution in [0.25, 0.3) is 11.0 Å². The van der Waals surface area contributed by atoms with Crippen molar-refractivity contribution in [2.24, 2.45) is 11.7 Å². The molecule has 13 heteroatoms. The molecule has 0 aliphatic carbocycles. The number of carbonyl (C=O) groups is 4. The van der Waals surface area contributed by atoms with Gasteiger partial charge in [-0.1, -0.05) is 32.1 Å². The number of hydrogen-bond acceptors (Lipinski definition) is 7. The van der Waals surface area contributed by atoms with Crippen LogP contribution in [0.2, 0.25) is 0 Å². The molecule has 0 spiro atoms. The monoisotopic (exact) mass is 552 g/mol. The van der Waals surface area contributed by atoms with Crippen molar-refractivity contribution in [3.63, 3.8) is 0 Å². The second kappa shape index (κ2) is 13.2. The van der Waals surface area contributed by atoms with Gasteiger partial charge < -0.3 is 30.8 Å². The van der Waals surface area contributed by atoms with E-state index in [2.05, 4.69) is 34.2 Å². The van der Waals surface area contributed by atoms with Gasteiger partial charge in [0.15, 0.2) is 0 Å². The lowest BCUT2D eigenvalue weighted by molar-refractivity contribution is -0.118. The fraction of sp³-hybridized carbons (Fsp3) is 0.333. The van der Waals surface area contributed by atoms with Crippen LogP contribution in [0, 0.1) is 5.92 Å². The summed E-state index contributed by atoms with van der Waals surface area (Å²) < 4.78 is 6.86. The minimum atomic E-state index is -1.24. The van der Waals surface area contributed by atoms with Gasteiger partial charge in [0, 0.05) is 6.20 Å². The highest BCUT2D eigenvalue weighted by Gasteiger charge is 2.23. The van der Waals surface area contributed by atoms with Crippen LogP contribution in [0.3, 0.4) is 0 Å². The van der Waals surface area contributed by atoms with E-state index in [1.807, 2.05) is 6.07 Å². The molecular formula is C27H32N6O7. The predicted octanol–water partition coefficient (Wildman–Crippen LogP) is 2.46. The molecule has 2 heterocycles. The highest BCUT2D eigenvalue weighted by molar-refractivity contribution is 5.96. The molecule has 1 aromatic carbocycles. The number of carboxylic acid groups (broad SMARTS) is 1. The second-order valence-electron chi connectivity index (χ2n) is 9.44. The maximum Gasteiger partial charge on any atom is 0.417 e. The second-order valence-corrected chi connectivity index (χ2v) is 9.44. The summed E-state index contributed by atoms with van der Waals surface area (Å²) in [6.07, 6.45) is 2.98. The quantitative estimate of drug-likeness (QED) is 0.261. The lowest BCUT2D eigenvalue weighted by Gasteiger charge is -2.17. The van der Waals surface area contributed by atoms with Crippen molar-refractivity contribution < 1.29 is 29.0 Å². The lowest BCUT2D eigenvalue weighted by Crippen LogP contribution is -2.44. The number of rotatable bonds is 11. The summed E-state index contributed by atoms with van der Waals surface area (Å²) in [6, 6.07) is 7.16. The van der Waals surface area contributed by atoms with Crippen LogP contribution in [0.5, 0.6) is 0 Å². The molecule has 3 aromatic rings. The van der Waals surface area contributed by atoms with Crippen LogP contribution >= 0.6 is 0 Å². The molecule has 1 atom stereocenters. The Balaban J connectivity index is 1.89. The molecule has 0 radical (unpaired) electrons. The summed E-state index contributed by atoms with van der Waals surface area (Å²) in [7, 11) is 1.14. The van der Waals surface area contributed by atoms with Crippen LogP contribution in [-0.4, -0.2) is 56.4 Å². The Bertz CT molecular complexity index is 1500. The fourth-order valence-corrected chi connectivity index (χ4v) is 4.19. The Morgan fingerprint density at radius 1 is 1.18 bits per heavy atom. The van der Waals surface area contributed by atoms with Gasteiger partial charge in [0.2, 0.25) is 11.8 Å². The number of carbonyl (C=O) groups excluding carboxylic acids is 3. The number of fused-ring (bicyclic) bond motifs is 1. The summed E-state index contributed by atoms with van der Waals surface area (Å²) in [5, 5.41) is 14.8. The molecule has 0 aliphatic rings. The number of nitrogens with two attached hydrogens (primary N) is 1. The normalized spacial score (nSPS) is 12.0. The number of aromatic nitrogens is 3. The number of nitrogens with zero attached hydrogens (tertiary/aromatic N) is 3. The average molecular weight is 553 g/mol. The zero-order valence-corrected chi connectivity index (χ0v) is 22.4. The third-order valence-electron chi connectivity index (χ3n) is 5.95. The molecule has 212 valence electrons. The molecular weight excluding hydrogens is 520 g/mol. The van der Waals surface area contributed by atoms with Crippen LogP contribution in [0.1, 0.15) is 38.1 Å². The van der Waals surface area contributed by atoms with E-state index in [9.17, 15) is 29.1 Å². The van der Waals surface area contributed by atoms with Gasteiger partial charge in [0.25, 0.3) is 5.56 Å². The topological polar surface area (TPSA) is 188 Å². The van der Waals surface area contributed by atoms with Crippen molar-refractivity contribution in [2.45, 2.75) is 45.7 Å². The first-order valence-corrected chi connectivity index (χ1v) is 12.5. The number of methoxy groups -OCH3 is 1. The Labute approximate surface area is 229 Å². The Morgan fingerprint density at radius 2 is 1.93 bits per heavy atom. The standard InChI is InChI=1S/C27H32N6O7/c1-16(2)14-17-8-6-11-20-23(17)31-22(33(20)27(38)39)15-32-13-7-10-19(25(32)36)29-24(35)18(30-26(37)40-3)9-4-5-12-21(28)34/h5-8,10-13,16,18H,4,9,14-15H2,1-3H3,(H2,28,34)(H,29,35)(H,30,37)(H,38,39)/b12-5+. The Kier molecular flexibility index (Phi) is 9.79. The molecule has 0 saturated heterocycles. The van der Waals surface area contributed by atoms with Crippen molar-refractivity contribution >= 4 is 40.7 Å². The van der Waals surface area contributed by atoms with Crippen LogP contribution < -0.4 is 21.9 Å². The first-order valence-electron chi connectivity index (χ1n) is 12.5. The van der Waals surface area contributed by atoms with Crippen LogP contribution in [0.15, 0.2) is 53.5 Å². The van der Waals surface area contributed by atoms with E-state index in [1.165, 1.54) is 29.0 Å². The summed E-state index contributed by atoms with van der Waals surface area (Å²) in [5.41, 5.74) is 6.24. The zero-order valence-electron chi connectivity index (χ0n) is 22.4. The smallest absolute Gasteiger partial charge is 0.417 e. The van der Waals surface area contributed by atoms with Gasteiger partial charge in [-0.05, 0) is 55.0 Å². The average Bonchev–Trinajstić information content (AvgIpc) is 3.26. The maximum atomic E-state index is 13.2. The minimum absolute atomic E-state index is 0.0877. The van der Waals surface area contributed by atoms with Gasteiger partial charge in [-0.25, -0.2) is 19.1 Å². The van der Waals surface area contributed by atoms with E-state index >= 15 is 0 Å². The van der Waals surface area contributed by atoms with Crippen molar-refractivity contribution in [3.05, 3.63) is 70.4 Å². The number of hydrogen-bond donors (Lipinski definition) is 4. The number of primary amides is 1. The molecule has 40 heavy (non-hydrogen) atoms. The van der Waals surface area contributed by atoms with Crippen molar-refractivity contribution in [1.29, 1.82) is 0 Å². The van der Waals surface area contributed by atoms with Crippen molar-refractivity contribution in [1.82, 2.24) is 19.4 Å². The summed E-state index contributed by atoms with van der Waals surface area (Å²) in [5.74, 6) is -0.887. The van der Waals surface area contributed by atoms with Crippen LogP contribution in [0.4, 0.5) is 15.3 Å². The molecule has 3 rings (SSSR count). The first kappa shape index (κ1) is 29.6. The molecule has 0 aliphatic heterocycles. The van der Waals surface area contributed by atoms with E-state index < -0.39 is 35.6 Å². The Hall–Kier alpha value is -4.94. The summed E-state index contributed by atoms with van der Waals surface area (Å²) in [6.45, 7) is 3.93. The Morgan fingerprint density at radius 3 is 2.58 bits per heavy atom. The van der Waals surface area contributed by atoms with Crippen LogP contribution in [-0.2, 0) is 27.3 Å². The molecule has 5 N–H and O–H groups in total. The molecule has 2 aromatic heterocycles. The van der Waals surface area contributed by atoms with Gasteiger partial charge in [-0.15, -0.1) is 0 Å². The minimum Gasteiger partial charge on any atom is -0.464 e. The number of nitrogens with one attached hydrogen (secondary N) is 2. The number of anilines is 1. The molecule has 0 bridgehead atoms. The van der Waals surface area contributed by atoms with Gasteiger partial charge in [-0.2, -0.15) is 0 Å². The molecule has 13 nitrogen and oxygen atoms in total. The number of benzene rings is 1. The van der Waals surface area contributed by atoms with E-state index in [0.29, 0.717) is 23.4 Å². The number of ether oxygens (including phenoxy) is 1.